The number of nitrogens with one attached hydrogen (secondary N) is 4. The van der Waals surface area contributed by atoms with Gasteiger partial charge < -0.3 is 26.4 Å². The fraction of sp³-hybridized carbons (Fsp3) is 0.542. The summed E-state index contributed by atoms with van der Waals surface area (Å²) in [6.45, 7) is 5.64. The zero-order chi connectivity index (χ0) is 25.2. The minimum absolute atomic E-state index is 0.0199. The van der Waals surface area contributed by atoms with Gasteiger partial charge in [-0.15, -0.1) is 0 Å². The molecule has 10 nitrogen and oxygen atoms in total. The first-order valence-electron chi connectivity index (χ1n) is 11.9. The Kier molecular flexibility index (Phi) is 9.78. The molecule has 35 heavy (non-hydrogen) atoms. The Morgan fingerprint density at radius 1 is 1.14 bits per heavy atom. The van der Waals surface area contributed by atoms with Gasteiger partial charge in [0.2, 0.25) is 5.91 Å². The average molecular weight is 503 g/mol. The summed E-state index contributed by atoms with van der Waals surface area (Å²) < 4.78 is 0. The number of carboxylic acids is 1. The third-order valence-electron chi connectivity index (χ3n) is 6.20. The molecule has 2 saturated heterocycles. The molecule has 11 heteroatoms. The smallest absolute Gasteiger partial charge is 0.339 e. The van der Waals surface area contributed by atoms with Crippen molar-refractivity contribution in [2.24, 2.45) is 0 Å². The number of hydrogen-bond donors (Lipinski definition) is 5. The molecular formula is C24H32N5O5S+. The van der Waals surface area contributed by atoms with Gasteiger partial charge in [0, 0.05) is 41.7 Å². The van der Waals surface area contributed by atoms with Crippen molar-refractivity contribution in [2.75, 3.05) is 12.3 Å². The van der Waals surface area contributed by atoms with Crippen LogP contribution in [0.3, 0.4) is 0 Å². The predicted molar refractivity (Wildman–Crippen MR) is 134 cm³/mol. The van der Waals surface area contributed by atoms with Crippen molar-refractivity contribution < 1.29 is 24.3 Å². The van der Waals surface area contributed by atoms with Crippen molar-refractivity contribution in [1.29, 1.82) is 0 Å². The van der Waals surface area contributed by atoms with E-state index < -0.39 is 17.9 Å². The van der Waals surface area contributed by atoms with E-state index in [0.29, 0.717) is 42.3 Å². The van der Waals surface area contributed by atoms with Gasteiger partial charge in [0.25, 0.3) is 12.5 Å². The van der Waals surface area contributed by atoms with E-state index in [9.17, 15) is 24.3 Å². The van der Waals surface area contributed by atoms with Gasteiger partial charge in [-0.25, -0.2) is 9.59 Å². The van der Waals surface area contributed by atoms with Crippen LogP contribution in [0.2, 0.25) is 0 Å². The Bertz CT molecular complexity index is 964. The summed E-state index contributed by atoms with van der Waals surface area (Å²) in [5, 5.41) is 21.1. The third-order valence-corrected chi connectivity index (χ3v) is 7.71. The first-order chi connectivity index (χ1) is 16.9. The molecule has 3 rings (SSSR count). The van der Waals surface area contributed by atoms with Crippen LogP contribution in [0.15, 0.2) is 24.3 Å². The highest BCUT2D eigenvalue weighted by Gasteiger charge is 2.42. The zero-order valence-corrected chi connectivity index (χ0v) is 20.3. The van der Waals surface area contributed by atoms with E-state index in [1.807, 2.05) is 11.8 Å². The monoisotopic (exact) mass is 502 g/mol. The molecular weight excluding hydrogens is 470 g/mol. The summed E-state index contributed by atoms with van der Waals surface area (Å²) in [5.41, 5.74) is 0.841. The number of aliphatic carboxylic acids is 1. The molecule has 0 bridgehead atoms. The Balaban J connectivity index is 1.25. The highest BCUT2D eigenvalue weighted by Crippen LogP contribution is 2.33. The van der Waals surface area contributed by atoms with E-state index in [0.717, 1.165) is 25.0 Å². The number of urea groups is 1. The number of rotatable bonds is 13. The lowest BCUT2D eigenvalue weighted by Crippen LogP contribution is -2.40. The van der Waals surface area contributed by atoms with E-state index >= 15 is 0 Å². The van der Waals surface area contributed by atoms with E-state index in [4.69, 9.17) is 6.57 Å². The minimum atomic E-state index is -1.10. The van der Waals surface area contributed by atoms with Gasteiger partial charge in [-0.1, -0.05) is 6.42 Å². The van der Waals surface area contributed by atoms with Crippen LogP contribution in [-0.4, -0.2) is 64.6 Å². The highest BCUT2D eigenvalue weighted by molar-refractivity contribution is 8.00. The number of unbranched alkanes of at least 4 members (excludes halogenated alkanes) is 2. The maximum Gasteiger partial charge on any atom is 0.339 e. The second-order valence-electron chi connectivity index (χ2n) is 8.75. The number of carbonyl (C=O) groups excluding carboxylic acids is 3. The second-order valence-corrected chi connectivity index (χ2v) is 10.0. The van der Waals surface area contributed by atoms with Crippen molar-refractivity contribution in [3.05, 3.63) is 34.7 Å². The summed E-state index contributed by atoms with van der Waals surface area (Å²) in [4.78, 5) is 50.8. The minimum Gasteiger partial charge on any atom is -0.480 e. The summed E-state index contributed by atoms with van der Waals surface area (Å²) in [6.07, 6.45) is 4.55. The maximum atomic E-state index is 12.3. The number of carbonyl (C=O) groups is 4. The van der Waals surface area contributed by atoms with E-state index in [-0.39, 0.29) is 30.4 Å². The third kappa shape index (κ3) is 7.89. The predicted octanol–water partition coefficient (Wildman–Crippen LogP) is 2.48. The molecule has 0 saturated carbocycles. The normalized spacial score (nSPS) is 21.2. The van der Waals surface area contributed by atoms with Crippen LogP contribution in [-0.2, 0) is 9.59 Å². The summed E-state index contributed by atoms with van der Waals surface area (Å²) in [6, 6.07) is 5.51. The van der Waals surface area contributed by atoms with E-state index in [2.05, 4.69) is 26.1 Å². The van der Waals surface area contributed by atoms with Crippen molar-refractivity contribution in [3.63, 3.8) is 0 Å². The van der Waals surface area contributed by atoms with Crippen molar-refractivity contribution in [2.45, 2.75) is 68.3 Å². The van der Waals surface area contributed by atoms with Crippen LogP contribution in [0, 0.1) is 6.57 Å². The van der Waals surface area contributed by atoms with Gasteiger partial charge >= 0.3 is 17.7 Å². The Hall–Kier alpha value is -3.26. The number of thioether (sulfide) groups is 1. The average Bonchev–Trinajstić information content (AvgIpc) is 3.39. The van der Waals surface area contributed by atoms with Gasteiger partial charge in [0.05, 0.1) is 12.1 Å². The molecule has 0 aliphatic carbocycles. The molecule has 2 heterocycles. The maximum absolute atomic E-state index is 12.3. The molecule has 0 aromatic heterocycles. The summed E-state index contributed by atoms with van der Waals surface area (Å²) in [7, 11) is 0. The fourth-order valence-corrected chi connectivity index (χ4v) is 5.81. The Morgan fingerprint density at radius 2 is 1.91 bits per heavy atom. The molecule has 2 aliphatic rings. The molecule has 1 aromatic carbocycles. The lowest BCUT2D eigenvalue weighted by atomic mass is 10.0. The Morgan fingerprint density at radius 3 is 2.63 bits per heavy atom. The molecule has 4 amide bonds. The fourth-order valence-electron chi connectivity index (χ4n) is 4.26. The van der Waals surface area contributed by atoms with Crippen LogP contribution >= 0.6 is 11.8 Å². The van der Waals surface area contributed by atoms with Crippen molar-refractivity contribution in [3.8, 4) is 6.57 Å². The first-order valence-corrected chi connectivity index (χ1v) is 12.9. The lowest BCUT2D eigenvalue weighted by molar-refractivity contribution is -0.139. The molecule has 188 valence electrons. The number of fused-ring (bicyclic) bond motifs is 1. The summed E-state index contributed by atoms with van der Waals surface area (Å²) in [5.74, 6) is -0.670. The number of hydrogen-bond acceptors (Lipinski definition) is 5. The molecule has 2 fully saturated rings. The second kappa shape index (κ2) is 13.0. The van der Waals surface area contributed by atoms with Crippen LogP contribution in [0.25, 0.3) is 4.85 Å². The van der Waals surface area contributed by atoms with E-state index in [1.165, 1.54) is 12.1 Å². The topological polar surface area (TPSA) is 141 Å². The SMILES string of the molecule is C#[N+]c1ccc(C(=O)NC(CCCCNC(=O)CCCCC2SC[C@@H]3NC(=O)N[C@H]23)C(=O)O)cc1. The standard InChI is InChI=1S/C24H31N5O5S/c1-25-16-11-9-15(10-12-16)22(31)27-17(23(32)33)6-4-5-13-26-20(30)8-3-2-7-19-21-18(14-35-19)28-24(34)29-21/h1,9-12,17-19,21H,2-8,13-14H2,(H4-,26,27,28,29,30,31,32,33,34)/p+1/t17?,18-,19?,21-/m0/s1. The van der Waals surface area contributed by atoms with Gasteiger partial charge in [0.1, 0.15) is 6.04 Å². The van der Waals surface area contributed by atoms with E-state index in [1.54, 1.807) is 12.1 Å². The molecule has 1 aromatic rings. The molecule has 5 N–H and O–H groups in total. The summed E-state index contributed by atoms with van der Waals surface area (Å²) >= 11 is 1.87. The number of benzene rings is 1. The molecule has 2 aliphatic heterocycles. The molecule has 0 spiro atoms. The first kappa shape index (κ1) is 26.3. The number of carboxylic acid groups (broad SMARTS) is 1. The van der Waals surface area contributed by atoms with Crippen molar-refractivity contribution >= 4 is 41.3 Å². The van der Waals surface area contributed by atoms with Crippen LogP contribution in [0.4, 0.5) is 10.5 Å². The van der Waals surface area contributed by atoms with Gasteiger partial charge in [-0.3, -0.25) is 9.59 Å². The Labute approximate surface area is 208 Å². The zero-order valence-electron chi connectivity index (χ0n) is 19.5. The van der Waals surface area contributed by atoms with Crippen LogP contribution in [0.1, 0.15) is 55.3 Å². The van der Waals surface area contributed by atoms with Crippen molar-refractivity contribution in [1.82, 2.24) is 21.3 Å². The van der Waals surface area contributed by atoms with Gasteiger partial charge in [0.15, 0.2) is 0 Å². The lowest BCUT2D eigenvalue weighted by Gasteiger charge is -2.16. The van der Waals surface area contributed by atoms with Crippen LogP contribution in [0.5, 0.6) is 0 Å². The molecule has 4 atom stereocenters. The van der Waals surface area contributed by atoms with Gasteiger partial charge in [-0.05, 0) is 49.1 Å². The quantitative estimate of drug-likeness (QED) is 0.207. The van der Waals surface area contributed by atoms with Crippen LogP contribution < -0.4 is 21.3 Å². The van der Waals surface area contributed by atoms with Gasteiger partial charge in [-0.2, -0.15) is 11.8 Å². The highest BCUT2D eigenvalue weighted by atomic mass is 32.2. The largest absolute Gasteiger partial charge is 0.480 e. The number of amides is 4. The molecule has 2 unspecified atom stereocenters. The molecule has 0 radical (unpaired) electrons. The number of nitrogens with zero attached hydrogens (tertiary/aromatic N) is 1.